The number of thioether (sulfide) groups is 1. The first-order chi connectivity index (χ1) is 5.28. The van der Waals surface area contributed by atoms with Crippen LogP contribution in [-0.2, 0) is 9.59 Å². The molecule has 0 fully saturated rings. The monoisotopic (exact) mass is 191 g/mol. The van der Waals surface area contributed by atoms with E-state index in [-0.39, 0.29) is 5.12 Å². The van der Waals surface area contributed by atoms with Crippen LogP contribution in [-0.4, -0.2) is 21.6 Å². The first-order valence-electron chi connectivity index (χ1n) is 3.44. The summed E-state index contributed by atoms with van der Waals surface area (Å²) in [5, 5.41) is 7.85. The maximum absolute atomic E-state index is 10.6. The highest BCUT2D eigenvalue weighted by Crippen LogP contribution is 2.27. The second-order valence-electron chi connectivity index (χ2n) is 3.06. The van der Waals surface area contributed by atoms with Gasteiger partial charge in [0, 0.05) is 6.92 Å². The van der Waals surface area contributed by atoms with Crippen molar-refractivity contribution in [3.05, 3.63) is 0 Å². The van der Waals surface area contributed by atoms with Gasteiger partial charge in [0.2, 0.25) is 0 Å². The fourth-order valence-corrected chi connectivity index (χ4v) is 1.20. The average Bonchev–Trinajstić information content (AvgIpc) is 1.85. The summed E-state index contributed by atoms with van der Waals surface area (Å²) in [6, 6.07) is 0. The molecule has 0 bridgehead atoms. The van der Waals surface area contributed by atoms with E-state index in [1.165, 1.54) is 20.8 Å². The molecule has 12 heavy (non-hydrogen) atoms. The van der Waals surface area contributed by atoms with Crippen molar-refractivity contribution in [2.24, 2.45) is 11.1 Å². The Kier molecular flexibility index (Phi) is 3.73. The van der Waals surface area contributed by atoms with Crippen LogP contribution in [0.5, 0.6) is 0 Å². The van der Waals surface area contributed by atoms with Crippen LogP contribution in [0.15, 0.2) is 0 Å². The Balaban J connectivity index is 4.35. The largest absolute Gasteiger partial charge is 0.481 e. The number of carbonyl (C=O) groups excluding carboxylic acids is 1. The lowest BCUT2D eigenvalue weighted by Gasteiger charge is -2.25. The molecule has 0 aliphatic carbocycles. The van der Waals surface area contributed by atoms with Crippen molar-refractivity contribution in [2.45, 2.75) is 26.1 Å². The van der Waals surface area contributed by atoms with Crippen LogP contribution in [0, 0.1) is 5.41 Å². The number of rotatable bonds is 3. The van der Waals surface area contributed by atoms with Crippen molar-refractivity contribution in [3.63, 3.8) is 0 Å². The van der Waals surface area contributed by atoms with Gasteiger partial charge in [-0.05, 0) is 13.8 Å². The summed E-state index contributed by atoms with van der Waals surface area (Å²) in [5.41, 5.74) is 4.44. The molecule has 0 heterocycles. The van der Waals surface area contributed by atoms with E-state index in [2.05, 4.69) is 0 Å². The molecular weight excluding hydrogens is 178 g/mol. The van der Waals surface area contributed by atoms with Crippen LogP contribution in [0.1, 0.15) is 20.8 Å². The molecule has 0 rings (SSSR count). The summed E-state index contributed by atoms with van der Waals surface area (Å²) < 4.78 is 0. The Labute approximate surface area is 75.5 Å². The molecule has 0 aliphatic heterocycles. The fourth-order valence-electron chi connectivity index (χ4n) is 0.448. The molecule has 0 saturated carbocycles. The van der Waals surface area contributed by atoms with Gasteiger partial charge in [-0.25, -0.2) is 0 Å². The third kappa shape index (κ3) is 2.83. The molecule has 0 aromatic heterocycles. The quantitative estimate of drug-likeness (QED) is 0.640. The summed E-state index contributed by atoms with van der Waals surface area (Å²) in [7, 11) is 0. The van der Waals surface area contributed by atoms with Crippen LogP contribution in [0.2, 0.25) is 0 Å². The van der Waals surface area contributed by atoms with Gasteiger partial charge >= 0.3 is 5.97 Å². The van der Waals surface area contributed by atoms with E-state index in [1.54, 1.807) is 0 Å². The van der Waals surface area contributed by atoms with Crippen LogP contribution in [0.4, 0.5) is 0 Å². The highest BCUT2D eigenvalue weighted by molar-refractivity contribution is 8.14. The molecule has 4 nitrogen and oxygen atoms in total. The van der Waals surface area contributed by atoms with Crippen molar-refractivity contribution >= 4 is 22.8 Å². The van der Waals surface area contributed by atoms with Gasteiger partial charge in [0.15, 0.2) is 5.12 Å². The molecule has 0 aliphatic rings. The molecule has 1 unspecified atom stereocenters. The minimum atomic E-state index is -1.07. The van der Waals surface area contributed by atoms with Crippen LogP contribution in [0.3, 0.4) is 0 Å². The predicted molar refractivity (Wildman–Crippen MR) is 47.7 cm³/mol. The SMILES string of the molecule is CC(=O)SC(N)C(C)(C)C(=O)O. The molecular formula is C7H13NO3S. The minimum Gasteiger partial charge on any atom is -0.481 e. The lowest BCUT2D eigenvalue weighted by atomic mass is 9.94. The summed E-state index contributed by atoms with van der Waals surface area (Å²) in [6.45, 7) is 4.36. The first kappa shape index (κ1) is 11.4. The molecule has 5 heteroatoms. The minimum absolute atomic E-state index is 0.170. The van der Waals surface area contributed by atoms with Crippen molar-refractivity contribution in [1.29, 1.82) is 0 Å². The second kappa shape index (κ2) is 3.91. The molecule has 0 aromatic carbocycles. The standard InChI is InChI=1S/C7H13NO3S/c1-4(9)12-5(8)7(2,3)6(10)11/h5H,8H2,1-3H3,(H,10,11). The molecule has 0 saturated heterocycles. The third-order valence-electron chi connectivity index (χ3n) is 1.56. The number of aliphatic carboxylic acids is 1. The normalized spacial score (nSPS) is 14.0. The number of nitrogens with two attached hydrogens (primary N) is 1. The van der Waals surface area contributed by atoms with Gasteiger partial charge in [-0.2, -0.15) is 0 Å². The zero-order valence-corrected chi connectivity index (χ0v) is 8.14. The third-order valence-corrected chi connectivity index (χ3v) is 2.73. The fraction of sp³-hybridized carbons (Fsp3) is 0.714. The van der Waals surface area contributed by atoms with Gasteiger partial charge in [-0.3, -0.25) is 9.59 Å². The first-order valence-corrected chi connectivity index (χ1v) is 4.32. The summed E-state index contributed by atoms with van der Waals surface area (Å²) in [4.78, 5) is 21.3. The molecule has 70 valence electrons. The topological polar surface area (TPSA) is 80.4 Å². The van der Waals surface area contributed by atoms with Crippen LogP contribution >= 0.6 is 11.8 Å². The van der Waals surface area contributed by atoms with Crippen molar-refractivity contribution in [2.75, 3.05) is 0 Å². The lowest BCUT2D eigenvalue weighted by molar-refractivity contribution is -0.146. The molecule has 3 N–H and O–H groups in total. The summed E-state index contributed by atoms with van der Waals surface area (Å²) >= 11 is 0.848. The van der Waals surface area contributed by atoms with E-state index in [9.17, 15) is 9.59 Å². The molecule has 0 aromatic rings. The number of carbonyl (C=O) groups is 2. The van der Waals surface area contributed by atoms with E-state index < -0.39 is 16.8 Å². The van der Waals surface area contributed by atoms with Gasteiger partial charge in [0.1, 0.15) is 0 Å². The highest BCUT2D eigenvalue weighted by atomic mass is 32.2. The number of carboxylic acid groups (broad SMARTS) is 1. The highest BCUT2D eigenvalue weighted by Gasteiger charge is 2.35. The van der Waals surface area contributed by atoms with Gasteiger partial charge in [-0.1, -0.05) is 11.8 Å². The van der Waals surface area contributed by atoms with Gasteiger partial charge in [0.05, 0.1) is 10.8 Å². The van der Waals surface area contributed by atoms with Crippen molar-refractivity contribution < 1.29 is 14.7 Å². The van der Waals surface area contributed by atoms with Gasteiger partial charge in [-0.15, -0.1) is 0 Å². The van der Waals surface area contributed by atoms with E-state index in [4.69, 9.17) is 10.8 Å². The van der Waals surface area contributed by atoms with E-state index in [0.717, 1.165) is 11.8 Å². The lowest BCUT2D eigenvalue weighted by Crippen LogP contribution is -2.41. The van der Waals surface area contributed by atoms with Gasteiger partial charge in [0.25, 0.3) is 0 Å². The summed E-state index contributed by atoms with van der Waals surface area (Å²) in [5.74, 6) is -0.997. The Bertz CT molecular complexity index is 203. The smallest absolute Gasteiger partial charge is 0.311 e. The second-order valence-corrected chi connectivity index (χ2v) is 4.38. The van der Waals surface area contributed by atoms with Crippen molar-refractivity contribution in [1.82, 2.24) is 0 Å². The zero-order chi connectivity index (χ0) is 9.94. The number of hydrogen-bond acceptors (Lipinski definition) is 4. The number of carboxylic acids is 1. The average molecular weight is 191 g/mol. The van der Waals surface area contributed by atoms with Crippen LogP contribution < -0.4 is 5.73 Å². The Hall–Kier alpha value is -0.550. The van der Waals surface area contributed by atoms with Gasteiger partial charge < -0.3 is 10.8 Å². The Morgan fingerprint density at radius 2 is 1.92 bits per heavy atom. The van der Waals surface area contributed by atoms with E-state index in [1.807, 2.05) is 0 Å². The molecule has 0 amide bonds. The maximum Gasteiger partial charge on any atom is 0.311 e. The number of hydrogen-bond donors (Lipinski definition) is 2. The van der Waals surface area contributed by atoms with Crippen molar-refractivity contribution in [3.8, 4) is 0 Å². The maximum atomic E-state index is 10.6. The van der Waals surface area contributed by atoms with Crippen LogP contribution in [0.25, 0.3) is 0 Å². The van der Waals surface area contributed by atoms with E-state index >= 15 is 0 Å². The zero-order valence-electron chi connectivity index (χ0n) is 7.33. The van der Waals surface area contributed by atoms with E-state index in [0.29, 0.717) is 0 Å². The molecule has 0 spiro atoms. The predicted octanol–water partition coefficient (Wildman–Crippen LogP) is 0.662. The molecule has 0 radical (unpaired) electrons. The molecule has 1 atom stereocenters. The Morgan fingerprint density at radius 1 is 1.50 bits per heavy atom. The summed E-state index contributed by atoms with van der Waals surface area (Å²) in [6.07, 6.45) is 0. The Morgan fingerprint density at radius 3 is 2.17 bits per heavy atom.